The molecule has 0 saturated carbocycles. The Kier molecular flexibility index (Phi) is 4.49. The molecule has 0 saturated heterocycles. The number of hydrogen-bond donors (Lipinski definition) is 1. The number of thiazole rings is 1. The van der Waals surface area contributed by atoms with Crippen LogP contribution < -0.4 is 5.32 Å². The van der Waals surface area contributed by atoms with E-state index in [2.05, 4.69) is 15.5 Å². The standard InChI is InChI=1S/C18H19N3O2S/c1-18(2,3)14-10-15(21-23-14)20-17(22)13-11-24-16(19-13)9-12-7-5-4-6-8-12/h4-8,10-11H,9H2,1-3H3,(H,20,21,22). The van der Waals surface area contributed by atoms with Crippen LogP contribution in [0.15, 0.2) is 46.3 Å². The van der Waals surface area contributed by atoms with Crippen molar-refractivity contribution in [1.29, 1.82) is 0 Å². The summed E-state index contributed by atoms with van der Waals surface area (Å²) in [5, 5.41) is 9.29. The molecule has 2 heterocycles. The van der Waals surface area contributed by atoms with E-state index in [4.69, 9.17) is 4.52 Å². The van der Waals surface area contributed by atoms with Crippen molar-refractivity contribution in [3.8, 4) is 0 Å². The van der Waals surface area contributed by atoms with Crippen LogP contribution in [0.2, 0.25) is 0 Å². The lowest BCUT2D eigenvalue weighted by molar-refractivity contribution is 0.102. The topological polar surface area (TPSA) is 68.0 Å². The number of carbonyl (C=O) groups excluding carboxylic acids is 1. The lowest BCUT2D eigenvalue weighted by atomic mass is 9.93. The Morgan fingerprint density at radius 3 is 2.67 bits per heavy atom. The number of aromatic nitrogens is 2. The van der Waals surface area contributed by atoms with Crippen molar-refractivity contribution < 1.29 is 9.32 Å². The second-order valence-corrected chi connectivity index (χ2v) is 7.51. The highest BCUT2D eigenvalue weighted by Crippen LogP contribution is 2.24. The first-order valence-electron chi connectivity index (χ1n) is 7.69. The molecule has 0 aliphatic heterocycles. The third-order valence-electron chi connectivity index (χ3n) is 3.47. The Hall–Kier alpha value is -2.47. The van der Waals surface area contributed by atoms with Gasteiger partial charge in [-0.05, 0) is 5.56 Å². The zero-order valence-corrected chi connectivity index (χ0v) is 14.7. The van der Waals surface area contributed by atoms with Gasteiger partial charge in [-0.15, -0.1) is 11.3 Å². The summed E-state index contributed by atoms with van der Waals surface area (Å²) < 4.78 is 5.27. The lowest BCUT2D eigenvalue weighted by Crippen LogP contribution is -2.13. The van der Waals surface area contributed by atoms with Crippen LogP contribution in [-0.4, -0.2) is 16.0 Å². The highest BCUT2D eigenvalue weighted by molar-refractivity contribution is 7.09. The second-order valence-electron chi connectivity index (χ2n) is 6.57. The predicted molar refractivity (Wildman–Crippen MR) is 94.5 cm³/mol. The molecular weight excluding hydrogens is 322 g/mol. The molecule has 1 N–H and O–H groups in total. The van der Waals surface area contributed by atoms with Crippen LogP contribution in [0.4, 0.5) is 5.82 Å². The van der Waals surface area contributed by atoms with E-state index in [1.54, 1.807) is 11.4 Å². The summed E-state index contributed by atoms with van der Waals surface area (Å²) in [5.41, 5.74) is 1.41. The fourth-order valence-corrected chi connectivity index (χ4v) is 2.94. The van der Waals surface area contributed by atoms with Gasteiger partial charge in [0.1, 0.15) is 11.5 Å². The summed E-state index contributed by atoms with van der Waals surface area (Å²) in [6.07, 6.45) is 0.719. The number of nitrogens with zero attached hydrogens (tertiary/aromatic N) is 2. The summed E-state index contributed by atoms with van der Waals surface area (Å²) in [4.78, 5) is 16.7. The molecule has 124 valence electrons. The van der Waals surface area contributed by atoms with Gasteiger partial charge in [0.25, 0.3) is 5.91 Å². The summed E-state index contributed by atoms with van der Waals surface area (Å²) in [5.74, 6) is 0.850. The first kappa shape index (κ1) is 16.4. The van der Waals surface area contributed by atoms with Gasteiger partial charge in [-0.25, -0.2) is 4.98 Å². The van der Waals surface area contributed by atoms with E-state index >= 15 is 0 Å². The Labute approximate surface area is 144 Å². The van der Waals surface area contributed by atoms with E-state index < -0.39 is 0 Å². The van der Waals surface area contributed by atoms with Crippen molar-refractivity contribution in [2.75, 3.05) is 5.32 Å². The number of nitrogens with one attached hydrogen (secondary N) is 1. The molecule has 24 heavy (non-hydrogen) atoms. The van der Waals surface area contributed by atoms with Crippen LogP contribution in [0, 0.1) is 0 Å². The number of rotatable bonds is 4. The third-order valence-corrected chi connectivity index (χ3v) is 4.32. The maximum atomic E-state index is 12.3. The number of carbonyl (C=O) groups is 1. The Bertz CT molecular complexity index is 831. The van der Waals surface area contributed by atoms with Gasteiger partial charge in [0.05, 0.1) is 5.01 Å². The average Bonchev–Trinajstić information content (AvgIpc) is 3.17. The third kappa shape index (κ3) is 3.89. The molecule has 5 nitrogen and oxygen atoms in total. The average molecular weight is 341 g/mol. The van der Waals surface area contributed by atoms with E-state index in [9.17, 15) is 4.79 Å². The monoisotopic (exact) mass is 341 g/mol. The molecule has 0 radical (unpaired) electrons. The maximum Gasteiger partial charge on any atom is 0.276 e. The minimum absolute atomic E-state index is 0.153. The van der Waals surface area contributed by atoms with Gasteiger partial charge in [-0.3, -0.25) is 4.79 Å². The molecule has 0 aliphatic rings. The number of hydrogen-bond acceptors (Lipinski definition) is 5. The summed E-state index contributed by atoms with van der Waals surface area (Å²) in [6, 6.07) is 11.8. The molecule has 0 fully saturated rings. The van der Waals surface area contributed by atoms with Crippen molar-refractivity contribution in [2.24, 2.45) is 0 Å². The van der Waals surface area contributed by atoms with E-state index in [1.807, 2.05) is 51.1 Å². The zero-order chi connectivity index (χ0) is 17.2. The van der Waals surface area contributed by atoms with Crippen molar-refractivity contribution in [3.05, 3.63) is 63.8 Å². The number of anilines is 1. The molecule has 2 aromatic heterocycles. The van der Waals surface area contributed by atoms with Crippen LogP contribution in [0.1, 0.15) is 47.6 Å². The molecule has 1 amide bonds. The molecule has 3 rings (SSSR count). The van der Waals surface area contributed by atoms with Gasteiger partial charge in [-0.2, -0.15) is 0 Å². The lowest BCUT2D eigenvalue weighted by Gasteiger charge is -2.11. The van der Waals surface area contributed by atoms with Gasteiger partial charge in [0.2, 0.25) is 0 Å². The van der Waals surface area contributed by atoms with Crippen LogP contribution in [0.3, 0.4) is 0 Å². The molecule has 0 aliphatic carbocycles. The van der Waals surface area contributed by atoms with E-state index in [1.165, 1.54) is 16.9 Å². The van der Waals surface area contributed by atoms with E-state index in [0.717, 1.165) is 17.2 Å². The molecular formula is C18H19N3O2S. The van der Waals surface area contributed by atoms with Gasteiger partial charge in [0.15, 0.2) is 5.82 Å². The first-order valence-corrected chi connectivity index (χ1v) is 8.56. The Balaban J connectivity index is 1.67. The van der Waals surface area contributed by atoms with Gasteiger partial charge < -0.3 is 9.84 Å². The smallest absolute Gasteiger partial charge is 0.276 e. The van der Waals surface area contributed by atoms with Gasteiger partial charge >= 0.3 is 0 Å². The predicted octanol–water partition coefficient (Wildman–Crippen LogP) is 4.27. The second kappa shape index (κ2) is 6.57. The first-order chi connectivity index (χ1) is 11.4. The zero-order valence-electron chi connectivity index (χ0n) is 13.9. The molecule has 0 unspecified atom stereocenters. The van der Waals surface area contributed by atoms with Crippen molar-refractivity contribution in [2.45, 2.75) is 32.6 Å². The van der Waals surface area contributed by atoms with Crippen molar-refractivity contribution >= 4 is 23.1 Å². The minimum atomic E-state index is -0.278. The van der Waals surface area contributed by atoms with Gasteiger partial charge in [-0.1, -0.05) is 56.3 Å². The SMILES string of the molecule is CC(C)(C)c1cc(NC(=O)c2csc(Cc3ccccc3)n2)no1. The summed E-state index contributed by atoms with van der Waals surface area (Å²) in [6.45, 7) is 6.07. The molecule has 1 aromatic carbocycles. The summed E-state index contributed by atoms with van der Waals surface area (Å²) >= 11 is 1.48. The van der Waals surface area contributed by atoms with Crippen LogP contribution in [0.5, 0.6) is 0 Å². The molecule has 6 heteroatoms. The minimum Gasteiger partial charge on any atom is -0.359 e. The molecule has 0 bridgehead atoms. The largest absolute Gasteiger partial charge is 0.359 e. The number of amides is 1. The molecule has 0 atom stereocenters. The summed E-state index contributed by atoms with van der Waals surface area (Å²) in [7, 11) is 0. The fraction of sp³-hybridized carbons (Fsp3) is 0.278. The highest BCUT2D eigenvalue weighted by Gasteiger charge is 2.21. The van der Waals surface area contributed by atoms with Crippen molar-refractivity contribution in [1.82, 2.24) is 10.1 Å². The van der Waals surface area contributed by atoms with Crippen molar-refractivity contribution in [3.63, 3.8) is 0 Å². The molecule has 3 aromatic rings. The Morgan fingerprint density at radius 2 is 2.00 bits per heavy atom. The number of benzene rings is 1. The van der Waals surface area contributed by atoms with E-state index in [-0.39, 0.29) is 11.3 Å². The van der Waals surface area contributed by atoms with Gasteiger partial charge in [0, 0.05) is 23.3 Å². The Morgan fingerprint density at radius 1 is 1.25 bits per heavy atom. The highest BCUT2D eigenvalue weighted by atomic mass is 32.1. The van der Waals surface area contributed by atoms with Crippen LogP contribution in [0.25, 0.3) is 0 Å². The quantitative estimate of drug-likeness (QED) is 0.769. The fourth-order valence-electron chi connectivity index (χ4n) is 2.13. The molecule has 0 spiro atoms. The van der Waals surface area contributed by atoms with Crippen LogP contribution in [-0.2, 0) is 11.8 Å². The van der Waals surface area contributed by atoms with E-state index in [0.29, 0.717) is 11.5 Å². The van der Waals surface area contributed by atoms with Crippen LogP contribution >= 0.6 is 11.3 Å². The maximum absolute atomic E-state index is 12.3. The normalized spacial score (nSPS) is 11.5.